The average Bonchev–Trinajstić information content (AvgIpc) is 2.42. The van der Waals surface area contributed by atoms with Gasteiger partial charge in [-0.05, 0) is 24.6 Å². The molecule has 1 heterocycles. The smallest absolute Gasteiger partial charge is 0.327 e. The van der Waals surface area contributed by atoms with Gasteiger partial charge in [0.15, 0.2) is 0 Å². The third kappa shape index (κ3) is 3.95. The van der Waals surface area contributed by atoms with E-state index in [0.717, 1.165) is 21.5 Å². The molecule has 2 N–H and O–H groups in total. The lowest BCUT2D eigenvalue weighted by Crippen LogP contribution is -2.41. The van der Waals surface area contributed by atoms with E-state index >= 15 is 0 Å². The van der Waals surface area contributed by atoms with Gasteiger partial charge in [0, 0.05) is 18.1 Å². The van der Waals surface area contributed by atoms with Crippen LogP contribution in [0.3, 0.4) is 0 Å². The molecule has 5 nitrogen and oxygen atoms in total. The molecule has 0 aliphatic carbocycles. The summed E-state index contributed by atoms with van der Waals surface area (Å²) < 4.78 is 0. The summed E-state index contributed by atoms with van der Waals surface area (Å²) in [6.45, 7) is 3.25. The third-order valence-electron chi connectivity index (χ3n) is 2.93. The van der Waals surface area contributed by atoms with Crippen LogP contribution in [0, 0.1) is 6.92 Å². The number of carboxylic acid groups (broad SMARTS) is 1. The van der Waals surface area contributed by atoms with Crippen molar-refractivity contribution >= 4 is 34.5 Å². The van der Waals surface area contributed by atoms with Gasteiger partial charge in [-0.3, -0.25) is 4.79 Å². The van der Waals surface area contributed by atoms with Crippen molar-refractivity contribution in [1.29, 1.82) is 0 Å². The molecule has 0 saturated heterocycles. The molecular weight excluding hydrogens is 288 g/mol. The summed E-state index contributed by atoms with van der Waals surface area (Å²) in [5.41, 5.74) is 1.86. The zero-order valence-electron chi connectivity index (χ0n) is 11.8. The zero-order valence-corrected chi connectivity index (χ0v) is 12.6. The van der Waals surface area contributed by atoms with Crippen LogP contribution in [0.4, 0.5) is 0 Å². The minimum absolute atomic E-state index is 0.237. The van der Waals surface area contributed by atoms with E-state index in [2.05, 4.69) is 10.3 Å². The number of carboxylic acids is 1. The number of benzene rings is 1. The second-order valence-corrected chi connectivity index (χ2v) is 5.71. The van der Waals surface area contributed by atoms with Gasteiger partial charge < -0.3 is 10.4 Å². The number of pyridine rings is 1. The molecule has 1 atom stereocenters. The van der Waals surface area contributed by atoms with Crippen LogP contribution in [0.2, 0.25) is 0 Å². The van der Waals surface area contributed by atoms with E-state index in [1.54, 1.807) is 0 Å². The second-order valence-electron chi connectivity index (χ2n) is 4.71. The van der Waals surface area contributed by atoms with Gasteiger partial charge in [0.05, 0.1) is 10.5 Å². The molecular formula is C15H16N2O3S. The molecule has 0 saturated carbocycles. The topological polar surface area (TPSA) is 79.3 Å². The van der Waals surface area contributed by atoms with Crippen LogP contribution < -0.4 is 5.32 Å². The second kappa shape index (κ2) is 6.58. The number of aromatic nitrogens is 1. The number of para-hydroxylation sites is 1. The number of fused-ring (bicyclic) bond motifs is 1. The first kappa shape index (κ1) is 15.3. The maximum Gasteiger partial charge on any atom is 0.327 e. The highest BCUT2D eigenvalue weighted by Gasteiger charge is 2.19. The Morgan fingerprint density at radius 2 is 2.10 bits per heavy atom. The number of rotatable bonds is 5. The monoisotopic (exact) mass is 304 g/mol. The number of nitrogens with one attached hydrogen (secondary N) is 1. The predicted molar refractivity (Wildman–Crippen MR) is 82.4 cm³/mol. The lowest BCUT2D eigenvalue weighted by Gasteiger charge is -2.13. The van der Waals surface area contributed by atoms with Gasteiger partial charge in [0.2, 0.25) is 5.91 Å². The Bertz CT molecular complexity index is 688. The zero-order chi connectivity index (χ0) is 15.4. The van der Waals surface area contributed by atoms with Crippen molar-refractivity contribution in [1.82, 2.24) is 10.3 Å². The molecule has 0 radical (unpaired) electrons. The van der Waals surface area contributed by atoms with Crippen molar-refractivity contribution in [2.75, 3.05) is 5.75 Å². The number of hydrogen-bond donors (Lipinski definition) is 2. The summed E-state index contributed by atoms with van der Waals surface area (Å²) in [4.78, 5) is 26.7. The van der Waals surface area contributed by atoms with E-state index in [1.807, 2.05) is 37.3 Å². The maximum atomic E-state index is 11.1. The SMILES string of the molecule is CC(=O)N[C@@H](CSc1nc2ccccc2cc1C)C(=O)O. The highest BCUT2D eigenvalue weighted by Crippen LogP contribution is 2.24. The molecule has 21 heavy (non-hydrogen) atoms. The molecule has 0 aliphatic rings. The summed E-state index contributed by atoms with van der Waals surface area (Å²) in [6, 6.07) is 8.88. The first-order valence-electron chi connectivity index (χ1n) is 6.46. The quantitative estimate of drug-likeness (QED) is 0.828. The van der Waals surface area contributed by atoms with Crippen LogP contribution in [0.1, 0.15) is 12.5 Å². The molecule has 110 valence electrons. The lowest BCUT2D eigenvalue weighted by atomic mass is 10.2. The van der Waals surface area contributed by atoms with Crippen LogP contribution in [0.15, 0.2) is 35.4 Å². The highest BCUT2D eigenvalue weighted by atomic mass is 32.2. The van der Waals surface area contributed by atoms with Crippen molar-refractivity contribution in [2.24, 2.45) is 0 Å². The van der Waals surface area contributed by atoms with Crippen molar-refractivity contribution in [3.05, 3.63) is 35.9 Å². The number of carbonyl (C=O) groups is 2. The van der Waals surface area contributed by atoms with Crippen LogP contribution in [-0.2, 0) is 9.59 Å². The molecule has 1 aromatic heterocycles. The number of nitrogens with zero attached hydrogens (tertiary/aromatic N) is 1. The fraction of sp³-hybridized carbons (Fsp3) is 0.267. The molecule has 1 aromatic carbocycles. The van der Waals surface area contributed by atoms with Gasteiger partial charge >= 0.3 is 5.97 Å². The normalized spacial score (nSPS) is 12.1. The van der Waals surface area contributed by atoms with Gasteiger partial charge in [-0.25, -0.2) is 9.78 Å². The minimum atomic E-state index is -1.05. The Hall–Kier alpha value is -2.08. The van der Waals surface area contributed by atoms with Crippen molar-refractivity contribution in [3.8, 4) is 0 Å². The molecule has 0 unspecified atom stereocenters. The van der Waals surface area contributed by atoms with Crippen LogP contribution in [0.25, 0.3) is 10.9 Å². The molecule has 2 rings (SSSR count). The predicted octanol–water partition coefficient (Wildman–Crippen LogP) is 2.22. The number of carbonyl (C=O) groups excluding carboxylic acids is 1. The van der Waals surface area contributed by atoms with E-state index in [1.165, 1.54) is 18.7 Å². The molecule has 0 aliphatic heterocycles. The van der Waals surface area contributed by atoms with Gasteiger partial charge in [0.1, 0.15) is 6.04 Å². The van der Waals surface area contributed by atoms with Crippen LogP contribution in [0.5, 0.6) is 0 Å². The summed E-state index contributed by atoms with van der Waals surface area (Å²) in [7, 11) is 0. The summed E-state index contributed by atoms with van der Waals surface area (Å²) in [5.74, 6) is -1.16. The first-order chi connectivity index (χ1) is 9.97. The van der Waals surface area contributed by atoms with Crippen molar-refractivity contribution < 1.29 is 14.7 Å². The average molecular weight is 304 g/mol. The van der Waals surface area contributed by atoms with Crippen LogP contribution >= 0.6 is 11.8 Å². The van der Waals surface area contributed by atoms with E-state index in [4.69, 9.17) is 5.11 Å². The Balaban J connectivity index is 2.17. The summed E-state index contributed by atoms with van der Waals surface area (Å²) in [5, 5.41) is 13.3. The maximum absolute atomic E-state index is 11.1. The standard InChI is InChI=1S/C15H16N2O3S/c1-9-7-11-5-3-4-6-12(11)17-14(9)21-8-13(15(19)20)16-10(2)18/h3-7,13H,8H2,1-2H3,(H,16,18)(H,19,20)/t13-/m0/s1. The molecule has 2 aromatic rings. The fourth-order valence-corrected chi connectivity index (χ4v) is 2.93. The Morgan fingerprint density at radius 3 is 2.76 bits per heavy atom. The summed E-state index contributed by atoms with van der Waals surface area (Å²) in [6.07, 6.45) is 0. The number of aryl methyl sites for hydroxylation is 1. The van der Waals surface area contributed by atoms with Gasteiger partial charge in [-0.15, -0.1) is 11.8 Å². The Morgan fingerprint density at radius 1 is 1.38 bits per heavy atom. The Kier molecular flexibility index (Phi) is 4.80. The highest BCUT2D eigenvalue weighted by molar-refractivity contribution is 7.99. The van der Waals surface area contributed by atoms with E-state index in [0.29, 0.717) is 0 Å². The van der Waals surface area contributed by atoms with E-state index in [9.17, 15) is 9.59 Å². The molecule has 0 spiro atoms. The largest absolute Gasteiger partial charge is 0.480 e. The number of amides is 1. The third-order valence-corrected chi connectivity index (χ3v) is 4.12. The van der Waals surface area contributed by atoms with E-state index < -0.39 is 12.0 Å². The molecule has 0 bridgehead atoms. The molecule has 0 fully saturated rings. The first-order valence-corrected chi connectivity index (χ1v) is 7.45. The van der Waals surface area contributed by atoms with E-state index in [-0.39, 0.29) is 11.7 Å². The molecule has 6 heteroatoms. The van der Waals surface area contributed by atoms with Gasteiger partial charge in [-0.2, -0.15) is 0 Å². The Labute approximate surface area is 126 Å². The minimum Gasteiger partial charge on any atom is -0.480 e. The van der Waals surface area contributed by atoms with Crippen molar-refractivity contribution in [2.45, 2.75) is 24.9 Å². The summed E-state index contributed by atoms with van der Waals surface area (Å²) >= 11 is 1.33. The van der Waals surface area contributed by atoms with Crippen LogP contribution in [-0.4, -0.2) is 33.8 Å². The van der Waals surface area contributed by atoms with Gasteiger partial charge in [0.25, 0.3) is 0 Å². The molecule has 1 amide bonds. The number of hydrogen-bond acceptors (Lipinski definition) is 4. The fourth-order valence-electron chi connectivity index (χ4n) is 1.93. The lowest BCUT2D eigenvalue weighted by molar-refractivity contribution is -0.140. The van der Waals surface area contributed by atoms with Crippen molar-refractivity contribution in [3.63, 3.8) is 0 Å². The number of aliphatic carboxylic acids is 1. The van der Waals surface area contributed by atoms with Gasteiger partial charge in [-0.1, -0.05) is 18.2 Å². The number of thioether (sulfide) groups is 1.